The van der Waals surface area contributed by atoms with Gasteiger partial charge in [0.15, 0.2) is 17.0 Å². The van der Waals surface area contributed by atoms with Crippen LogP contribution in [0.25, 0.3) is 0 Å². The van der Waals surface area contributed by atoms with E-state index >= 15 is 0 Å². The van der Waals surface area contributed by atoms with E-state index in [0.717, 1.165) is 6.42 Å². The van der Waals surface area contributed by atoms with Crippen molar-refractivity contribution in [1.29, 1.82) is 0 Å². The molecule has 2 aliphatic rings. The highest BCUT2D eigenvalue weighted by molar-refractivity contribution is 6.23. The van der Waals surface area contributed by atoms with Gasteiger partial charge in [-0.15, -0.1) is 5.92 Å². The number of hydrogen-bond acceptors (Lipinski definition) is 5. The molecule has 0 spiro atoms. The Morgan fingerprint density at radius 2 is 1.47 bits per heavy atom. The maximum absolute atomic E-state index is 14.0. The molecular formula is C26H23NO5. The van der Waals surface area contributed by atoms with Crippen molar-refractivity contribution in [2.75, 3.05) is 0 Å². The molecule has 1 heterocycles. The van der Waals surface area contributed by atoms with Crippen LogP contribution in [0.2, 0.25) is 0 Å². The molecule has 6 nitrogen and oxygen atoms in total. The summed E-state index contributed by atoms with van der Waals surface area (Å²) in [6, 6.07) is 16.9. The third kappa shape index (κ3) is 3.65. The second-order valence-corrected chi connectivity index (χ2v) is 8.21. The molecule has 2 atom stereocenters. The van der Waals surface area contributed by atoms with Gasteiger partial charge < -0.3 is 0 Å². The van der Waals surface area contributed by atoms with Crippen LogP contribution in [0.4, 0.5) is 0 Å². The Hall–Kier alpha value is -3.56. The van der Waals surface area contributed by atoms with E-state index in [-0.39, 0.29) is 11.5 Å². The molecule has 4 rings (SSSR count). The summed E-state index contributed by atoms with van der Waals surface area (Å²) in [5, 5.41) is 10.0. The Balaban J connectivity index is 1.95. The molecule has 0 saturated carbocycles. The lowest BCUT2D eigenvalue weighted by atomic mass is 9.60. The minimum absolute atomic E-state index is 0.113. The maximum atomic E-state index is 14.0. The van der Waals surface area contributed by atoms with Gasteiger partial charge in [-0.25, -0.2) is 0 Å². The Morgan fingerprint density at radius 3 is 1.97 bits per heavy atom. The lowest BCUT2D eigenvalue weighted by Crippen LogP contribution is -2.49. The standard InChI is InChI=1S/C26H23NO5/c28-22-17-20(25(31)27(22)32)21-15-9-1-2-10-16-26(21,23(29)18-11-5-3-6-12-18)24(30)19-13-7-4-8-14-19/h3-8,11-14,20-21,32H,1-2,9,15,17H2. The van der Waals surface area contributed by atoms with Crippen LogP contribution >= 0.6 is 0 Å². The fraction of sp³-hybridized carbons (Fsp3) is 0.308. The molecule has 2 aromatic rings. The van der Waals surface area contributed by atoms with Gasteiger partial charge in [0.25, 0.3) is 11.8 Å². The summed E-state index contributed by atoms with van der Waals surface area (Å²) in [6.07, 6.45) is 2.05. The van der Waals surface area contributed by atoms with Gasteiger partial charge in [0, 0.05) is 29.9 Å². The van der Waals surface area contributed by atoms with Crippen molar-refractivity contribution in [1.82, 2.24) is 5.06 Å². The van der Waals surface area contributed by atoms with Crippen LogP contribution in [0.3, 0.4) is 0 Å². The molecule has 162 valence electrons. The molecule has 6 heteroatoms. The van der Waals surface area contributed by atoms with Crippen molar-refractivity contribution >= 4 is 23.4 Å². The number of carbonyl (C=O) groups is 4. The molecule has 1 saturated heterocycles. The van der Waals surface area contributed by atoms with Crippen molar-refractivity contribution < 1.29 is 24.4 Å². The van der Waals surface area contributed by atoms with E-state index in [4.69, 9.17) is 0 Å². The highest BCUT2D eigenvalue weighted by atomic mass is 16.5. The molecule has 0 aromatic heterocycles. The van der Waals surface area contributed by atoms with Crippen LogP contribution in [0.15, 0.2) is 60.7 Å². The topological polar surface area (TPSA) is 91.8 Å². The van der Waals surface area contributed by atoms with Gasteiger partial charge in [-0.05, 0) is 12.8 Å². The Morgan fingerprint density at radius 1 is 0.906 bits per heavy atom. The van der Waals surface area contributed by atoms with Crippen LogP contribution < -0.4 is 0 Å². The molecule has 1 aliphatic heterocycles. The van der Waals surface area contributed by atoms with E-state index < -0.39 is 40.6 Å². The number of carbonyl (C=O) groups excluding carboxylic acids is 4. The minimum Gasteiger partial charge on any atom is -0.292 e. The van der Waals surface area contributed by atoms with Crippen LogP contribution in [0.1, 0.15) is 52.8 Å². The van der Waals surface area contributed by atoms with Crippen molar-refractivity contribution in [3.63, 3.8) is 0 Å². The number of ketones is 2. The van der Waals surface area contributed by atoms with Crippen molar-refractivity contribution in [2.24, 2.45) is 17.3 Å². The fourth-order valence-corrected chi connectivity index (χ4v) is 4.74. The van der Waals surface area contributed by atoms with Gasteiger partial charge in [-0.2, -0.15) is 5.06 Å². The number of imide groups is 1. The molecule has 0 radical (unpaired) electrons. The molecule has 2 unspecified atom stereocenters. The Kier molecular flexibility index (Phi) is 6.02. The zero-order chi connectivity index (χ0) is 22.7. The van der Waals surface area contributed by atoms with E-state index in [1.165, 1.54) is 0 Å². The first-order valence-corrected chi connectivity index (χ1v) is 10.7. The van der Waals surface area contributed by atoms with E-state index in [1.54, 1.807) is 60.7 Å². The number of hydrogen-bond donors (Lipinski definition) is 1. The molecule has 2 aromatic carbocycles. The number of amides is 2. The smallest absolute Gasteiger partial charge is 0.257 e. The second-order valence-electron chi connectivity index (χ2n) is 8.21. The summed E-state index contributed by atoms with van der Waals surface area (Å²) in [5.74, 6) is 1.68. The summed E-state index contributed by atoms with van der Waals surface area (Å²) < 4.78 is 0. The summed E-state index contributed by atoms with van der Waals surface area (Å²) in [5.41, 5.74) is -1.21. The summed E-state index contributed by atoms with van der Waals surface area (Å²) in [6.45, 7) is 0. The van der Waals surface area contributed by atoms with Crippen LogP contribution in [-0.4, -0.2) is 33.7 Å². The quantitative estimate of drug-likeness (QED) is 0.257. The van der Waals surface area contributed by atoms with Gasteiger partial charge in [-0.1, -0.05) is 73.0 Å². The number of nitrogens with zero attached hydrogens (tertiary/aromatic N) is 1. The SMILES string of the molecule is O=C1CC(C2CCCCC#CC2(C(=O)c2ccccc2)C(=O)c2ccccc2)C(=O)N1O. The zero-order valence-corrected chi connectivity index (χ0v) is 17.5. The highest BCUT2D eigenvalue weighted by Gasteiger charge is 2.57. The van der Waals surface area contributed by atoms with Crippen LogP contribution in [0.5, 0.6) is 0 Å². The third-order valence-electron chi connectivity index (χ3n) is 6.34. The third-order valence-corrected chi connectivity index (χ3v) is 6.34. The van der Waals surface area contributed by atoms with E-state index in [9.17, 15) is 24.4 Å². The van der Waals surface area contributed by atoms with E-state index in [2.05, 4.69) is 11.8 Å². The normalized spacial score (nSPS) is 22.5. The van der Waals surface area contributed by atoms with Gasteiger partial charge in [0.2, 0.25) is 0 Å². The monoisotopic (exact) mass is 429 g/mol. The predicted octanol–water partition coefficient (Wildman–Crippen LogP) is 3.70. The molecule has 32 heavy (non-hydrogen) atoms. The number of benzene rings is 2. The molecular weight excluding hydrogens is 406 g/mol. The number of hydroxylamine groups is 2. The van der Waals surface area contributed by atoms with Crippen molar-refractivity contribution in [3.8, 4) is 11.8 Å². The van der Waals surface area contributed by atoms with Crippen molar-refractivity contribution in [2.45, 2.75) is 32.1 Å². The van der Waals surface area contributed by atoms with Crippen LogP contribution in [-0.2, 0) is 9.59 Å². The fourth-order valence-electron chi connectivity index (χ4n) is 4.74. The summed E-state index contributed by atoms with van der Waals surface area (Å²) in [4.78, 5) is 53.0. The van der Waals surface area contributed by atoms with E-state index in [1.807, 2.05) is 0 Å². The first-order valence-electron chi connectivity index (χ1n) is 10.7. The van der Waals surface area contributed by atoms with Gasteiger partial charge >= 0.3 is 0 Å². The van der Waals surface area contributed by atoms with Crippen LogP contribution in [0, 0.1) is 29.1 Å². The Labute approximate surface area is 186 Å². The average Bonchev–Trinajstić information content (AvgIpc) is 3.07. The first kappa shape index (κ1) is 21.7. The van der Waals surface area contributed by atoms with Gasteiger partial charge in [-0.3, -0.25) is 24.4 Å². The lowest BCUT2D eigenvalue weighted by Gasteiger charge is -2.37. The average molecular weight is 429 g/mol. The zero-order valence-electron chi connectivity index (χ0n) is 17.5. The predicted molar refractivity (Wildman–Crippen MR) is 115 cm³/mol. The summed E-state index contributed by atoms with van der Waals surface area (Å²) >= 11 is 0. The largest absolute Gasteiger partial charge is 0.292 e. The van der Waals surface area contributed by atoms with Crippen molar-refractivity contribution in [3.05, 3.63) is 71.8 Å². The lowest BCUT2D eigenvalue weighted by molar-refractivity contribution is -0.172. The van der Waals surface area contributed by atoms with E-state index in [0.29, 0.717) is 30.4 Å². The number of rotatable bonds is 5. The molecule has 2 amide bonds. The molecule has 1 N–H and O–H groups in total. The molecule has 0 bridgehead atoms. The van der Waals surface area contributed by atoms with Gasteiger partial charge in [0.1, 0.15) is 0 Å². The second kappa shape index (κ2) is 8.89. The molecule has 1 fully saturated rings. The van der Waals surface area contributed by atoms with Gasteiger partial charge in [0.05, 0.1) is 5.92 Å². The molecule has 1 aliphatic carbocycles. The Bertz CT molecular complexity index is 1060. The summed E-state index contributed by atoms with van der Waals surface area (Å²) in [7, 11) is 0. The minimum atomic E-state index is -1.84. The first-order chi connectivity index (χ1) is 15.5. The highest BCUT2D eigenvalue weighted by Crippen LogP contribution is 2.46. The maximum Gasteiger partial charge on any atom is 0.257 e. The number of Topliss-reactive ketones (excluding diaryl/α,β-unsaturated/α-hetero) is 2.